The molecular formula is C24H30F5N3O2. The normalized spacial score (nSPS) is 33.8. The molecule has 0 bridgehead atoms. The predicted molar refractivity (Wildman–Crippen MR) is 113 cm³/mol. The minimum absolute atomic E-state index is 0.000233. The Morgan fingerprint density at radius 1 is 1.29 bits per heavy atom. The molecule has 0 radical (unpaired) electrons. The number of hydrogen-bond acceptors (Lipinski definition) is 4. The smallest absolute Gasteiger partial charge is 0.381 e. The number of halogens is 5. The summed E-state index contributed by atoms with van der Waals surface area (Å²) in [5, 5.41) is 3.43. The van der Waals surface area contributed by atoms with Gasteiger partial charge in [-0.1, -0.05) is 6.42 Å². The third-order valence-electron chi connectivity index (χ3n) is 8.39. The molecule has 4 aliphatic rings. The van der Waals surface area contributed by atoms with E-state index in [2.05, 4.69) is 10.3 Å². The zero-order valence-electron chi connectivity index (χ0n) is 18.9. The highest BCUT2D eigenvalue weighted by atomic mass is 19.4. The van der Waals surface area contributed by atoms with Crippen molar-refractivity contribution < 1.29 is 31.5 Å². The van der Waals surface area contributed by atoms with Crippen molar-refractivity contribution in [3.63, 3.8) is 0 Å². The van der Waals surface area contributed by atoms with E-state index in [-0.39, 0.29) is 37.1 Å². The van der Waals surface area contributed by atoms with Gasteiger partial charge in [0, 0.05) is 50.1 Å². The molecule has 1 unspecified atom stereocenters. The van der Waals surface area contributed by atoms with Gasteiger partial charge < -0.3 is 15.0 Å². The van der Waals surface area contributed by atoms with E-state index >= 15 is 0 Å². The lowest BCUT2D eigenvalue weighted by Crippen LogP contribution is -2.50. The maximum atomic E-state index is 13.8. The van der Waals surface area contributed by atoms with Crippen molar-refractivity contribution in [3.05, 3.63) is 29.1 Å². The zero-order valence-corrected chi connectivity index (χ0v) is 18.9. The Balaban J connectivity index is 1.31. The maximum absolute atomic E-state index is 13.8. The molecule has 5 atom stereocenters. The van der Waals surface area contributed by atoms with E-state index in [1.54, 1.807) is 4.90 Å². The Morgan fingerprint density at radius 2 is 2.12 bits per heavy atom. The molecule has 2 saturated carbocycles. The number of pyridine rings is 1. The topological polar surface area (TPSA) is 54.5 Å². The molecular weight excluding hydrogens is 457 g/mol. The fourth-order valence-corrected chi connectivity index (χ4v) is 6.71. The summed E-state index contributed by atoms with van der Waals surface area (Å²) in [6.07, 6.45) is -1.18. The molecule has 2 aliphatic heterocycles. The van der Waals surface area contributed by atoms with Crippen LogP contribution in [0.25, 0.3) is 0 Å². The van der Waals surface area contributed by atoms with Crippen LogP contribution in [0.3, 0.4) is 0 Å². The Hall–Kier alpha value is -1.81. The van der Waals surface area contributed by atoms with Gasteiger partial charge in [0.25, 0.3) is 0 Å². The SMILES string of the molecule is O=C(N1CCc2ncc(C(F)(F)F)cc2C1)[C@@]12CCC[C@@H]1C[C@@H](NC1CCOC[C@H]1C(F)F)C2. The average Bonchev–Trinajstić information content (AvgIpc) is 3.35. The summed E-state index contributed by atoms with van der Waals surface area (Å²) < 4.78 is 71.7. The number of alkyl halides is 5. The summed E-state index contributed by atoms with van der Waals surface area (Å²) in [5.74, 6) is -0.683. The largest absolute Gasteiger partial charge is 0.417 e. The van der Waals surface area contributed by atoms with Gasteiger partial charge in [-0.15, -0.1) is 0 Å². The van der Waals surface area contributed by atoms with Gasteiger partial charge in [-0.25, -0.2) is 8.78 Å². The van der Waals surface area contributed by atoms with E-state index in [1.807, 2.05) is 0 Å². The van der Waals surface area contributed by atoms with Gasteiger partial charge in [0.15, 0.2) is 0 Å². The van der Waals surface area contributed by atoms with Crippen LogP contribution in [0.2, 0.25) is 0 Å². The van der Waals surface area contributed by atoms with Crippen molar-refractivity contribution in [1.82, 2.24) is 15.2 Å². The molecule has 1 N–H and O–H groups in total. The number of aromatic nitrogens is 1. The molecule has 1 saturated heterocycles. The number of amides is 1. The van der Waals surface area contributed by atoms with Crippen molar-refractivity contribution >= 4 is 5.91 Å². The van der Waals surface area contributed by atoms with Gasteiger partial charge >= 0.3 is 6.18 Å². The molecule has 10 heteroatoms. The van der Waals surface area contributed by atoms with Crippen molar-refractivity contribution in [2.45, 2.75) is 76.2 Å². The van der Waals surface area contributed by atoms with E-state index in [0.717, 1.165) is 37.9 Å². The van der Waals surface area contributed by atoms with Crippen molar-refractivity contribution in [1.29, 1.82) is 0 Å². The lowest BCUT2D eigenvalue weighted by molar-refractivity contribution is -0.144. The van der Waals surface area contributed by atoms with Crippen LogP contribution in [0.5, 0.6) is 0 Å². The van der Waals surface area contributed by atoms with Crippen molar-refractivity contribution in [3.8, 4) is 0 Å². The summed E-state index contributed by atoms with van der Waals surface area (Å²) in [6, 6.07) is 0.757. The highest BCUT2D eigenvalue weighted by Crippen LogP contribution is 2.55. The summed E-state index contributed by atoms with van der Waals surface area (Å²) in [7, 11) is 0. The summed E-state index contributed by atoms with van der Waals surface area (Å²) in [5.41, 5.74) is -0.292. The van der Waals surface area contributed by atoms with Gasteiger partial charge in [-0.3, -0.25) is 9.78 Å². The number of rotatable bonds is 4. The molecule has 1 aromatic rings. The molecule has 188 valence electrons. The molecule has 0 spiro atoms. The minimum Gasteiger partial charge on any atom is -0.381 e. The number of fused-ring (bicyclic) bond motifs is 2. The number of carbonyl (C=O) groups is 1. The van der Waals surface area contributed by atoms with Crippen molar-refractivity contribution in [2.24, 2.45) is 17.3 Å². The predicted octanol–water partition coefficient (Wildman–Crippen LogP) is 4.19. The first-order valence-corrected chi connectivity index (χ1v) is 12.1. The first-order chi connectivity index (χ1) is 16.2. The fraction of sp³-hybridized carbons (Fsp3) is 0.750. The molecule has 1 aromatic heterocycles. The Bertz CT molecular complexity index is 926. The molecule has 5 nitrogen and oxygen atoms in total. The molecule has 5 rings (SSSR count). The second-order valence-corrected chi connectivity index (χ2v) is 10.3. The number of nitrogens with zero attached hydrogens (tertiary/aromatic N) is 2. The number of ether oxygens (including phenoxy) is 1. The van der Waals surface area contributed by atoms with Crippen LogP contribution in [0, 0.1) is 17.3 Å². The van der Waals surface area contributed by atoms with E-state index in [4.69, 9.17) is 4.74 Å². The van der Waals surface area contributed by atoms with Crippen molar-refractivity contribution in [2.75, 3.05) is 19.8 Å². The maximum Gasteiger partial charge on any atom is 0.417 e. The molecule has 34 heavy (non-hydrogen) atoms. The molecule has 3 heterocycles. The van der Waals surface area contributed by atoms with Gasteiger partial charge in [0.1, 0.15) is 0 Å². The quantitative estimate of drug-likeness (QED) is 0.648. The van der Waals surface area contributed by atoms with Gasteiger partial charge in [-0.05, 0) is 49.7 Å². The van der Waals surface area contributed by atoms with Crippen LogP contribution < -0.4 is 5.32 Å². The number of nitrogens with one attached hydrogen (secondary N) is 1. The highest BCUT2D eigenvalue weighted by molar-refractivity contribution is 5.84. The monoisotopic (exact) mass is 487 g/mol. The first-order valence-electron chi connectivity index (χ1n) is 12.1. The molecule has 0 aromatic carbocycles. The lowest BCUT2D eigenvalue weighted by atomic mass is 9.78. The third kappa shape index (κ3) is 4.32. The third-order valence-corrected chi connectivity index (χ3v) is 8.39. The van der Waals surface area contributed by atoms with Gasteiger partial charge in [0.05, 0.1) is 23.5 Å². The molecule has 2 aliphatic carbocycles. The van der Waals surface area contributed by atoms with E-state index in [1.165, 1.54) is 0 Å². The first kappa shape index (κ1) is 23.9. The second-order valence-electron chi connectivity index (χ2n) is 10.3. The highest BCUT2D eigenvalue weighted by Gasteiger charge is 2.56. The van der Waals surface area contributed by atoms with Crippen LogP contribution in [0.15, 0.2) is 12.3 Å². The van der Waals surface area contributed by atoms with E-state index < -0.39 is 29.5 Å². The van der Waals surface area contributed by atoms with E-state index in [9.17, 15) is 26.7 Å². The van der Waals surface area contributed by atoms with Crippen LogP contribution in [-0.4, -0.2) is 54.1 Å². The Kier molecular flexibility index (Phi) is 6.33. The van der Waals surface area contributed by atoms with Crippen LogP contribution in [0.4, 0.5) is 22.0 Å². The van der Waals surface area contributed by atoms with Crippen LogP contribution >= 0.6 is 0 Å². The number of carbonyl (C=O) groups excluding carboxylic acids is 1. The average molecular weight is 488 g/mol. The molecule has 1 amide bonds. The van der Waals surface area contributed by atoms with Crippen LogP contribution in [0.1, 0.15) is 55.3 Å². The van der Waals surface area contributed by atoms with Gasteiger partial charge in [-0.2, -0.15) is 13.2 Å². The Morgan fingerprint density at radius 3 is 2.88 bits per heavy atom. The lowest BCUT2D eigenvalue weighted by Gasteiger charge is -2.38. The summed E-state index contributed by atoms with van der Waals surface area (Å²) in [4.78, 5) is 19.5. The Labute approximate surface area is 195 Å². The summed E-state index contributed by atoms with van der Waals surface area (Å²) in [6.45, 7) is 1.05. The fourth-order valence-electron chi connectivity index (χ4n) is 6.71. The van der Waals surface area contributed by atoms with Crippen LogP contribution in [-0.2, 0) is 28.7 Å². The minimum atomic E-state index is -4.48. The number of hydrogen-bond donors (Lipinski definition) is 1. The second kappa shape index (κ2) is 9.00. The zero-order chi connectivity index (χ0) is 24.1. The molecule has 3 fully saturated rings. The van der Waals surface area contributed by atoms with E-state index in [0.29, 0.717) is 43.7 Å². The summed E-state index contributed by atoms with van der Waals surface area (Å²) >= 11 is 0. The standard InChI is InChI=1S/C24H30F5N3O2/c25-21(26)18-13-34-7-4-20(18)31-17-9-15-2-1-5-23(15,10-17)22(33)32-6-3-19-14(12-32)8-16(11-30-19)24(27,28)29/h8,11,15,17-18,20-21,31H,1-7,9-10,12-13H2/t15-,17-,18-,20?,23-/m1/s1. The van der Waals surface area contributed by atoms with Gasteiger partial charge in [0.2, 0.25) is 12.3 Å².